The number of hydrogen-bond donors (Lipinski definition) is 2. The summed E-state index contributed by atoms with van der Waals surface area (Å²) in [6.07, 6.45) is 2.19. The molecule has 0 bridgehead atoms. The van der Waals surface area contributed by atoms with Crippen molar-refractivity contribution in [2.75, 3.05) is 0 Å². The van der Waals surface area contributed by atoms with Crippen LogP contribution in [0.1, 0.15) is 26.5 Å². The molecule has 0 aliphatic carbocycles. The van der Waals surface area contributed by atoms with E-state index in [1.807, 2.05) is 0 Å². The van der Waals surface area contributed by atoms with Crippen molar-refractivity contribution in [2.45, 2.75) is 38.8 Å². The van der Waals surface area contributed by atoms with E-state index in [1.165, 1.54) is 12.5 Å². The number of carbonyl (C=O) groups excluding carboxylic acids is 1. The van der Waals surface area contributed by atoms with E-state index in [4.69, 9.17) is 15.6 Å². The van der Waals surface area contributed by atoms with Gasteiger partial charge in [-0.2, -0.15) is 0 Å². The summed E-state index contributed by atoms with van der Waals surface area (Å²) in [6.45, 7) is 5.26. The number of hydrogen-bond acceptors (Lipinski definition) is 5. The lowest BCUT2D eigenvalue weighted by molar-refractivity contribution is -0.138. The summed E-state index contributed by atoms with van der Waals surface area (Å²) in [5.41, 5.74) is 5.20. The molecule has 1 aromatic heterocycles. The first-order valence-corrected chi connectivity index (χ1v) is 5.43. The van der Waals surface area contributed by atoms with E-state index in [0.717, 1.165) is 4.57 Å². The Hall–Kier alpha value is -1.89. The van der Waals surface area contributed by atoms with Gasteiger partial charge in [0.05, 0.1) is 5.69 Å². The maximum atomic E-state index is 11.6. The summed E-state index contributed by atoms with van der Waals surface area (Å²) >= 11 is 0. The SMILES string of the molecule is CC(C)(C)OC(=O)n1cnc(C[C@H](N)C(=O)O)c1. The van der Waals surface area contributed by atoms with Crippen LogP contribution in [0.25, 0.3) is 0 Å². The van der Waals surface area contributed by atoms with Gasteiger partial charge in [0, 0.05) is 12.6 Å². The summed E-state index contributed by atoms with van der Waals surface area (Å²) in [6, 6.07) is -1.04. The second kappa shape index (κ2) is 5.18. The lowest BCUT2D eigenvalue weighted by Gasteiger charge is -2.19. The zero-order valence-electron chi connectivity index (χ0n) is 10.6. The molecular formula is C11H17N3O4. The molecule has 0 saturated heterocycles. The molecule has 1 atom stereocenters. The molecule has 0 saturated carbocycles. The first kappa shape index (κ1) is 14.2. The van der Waals surface area contributed by atoms with Crippen LogP contribution in [0.3, 0.4) is 0 Å². The molecule has 18 heavy (non-hydrogen) atoms. The van der Waals surface area contributed by atoms with Crippen LogP contribution in [0, 0.1) is 0 Å². The fourth-order valence-corrected chi connectivity index (χ4v) is 1.20. The van der Waals surface area contributed by atoms with Gasteiger partial charge in [-0.3, -0.25) is 4.79 Å². The molecule has 0 radical (unpaired) electrons. The molecule has 7 nitrogen and oxygen atoms in total. The van der Waals surface area contributed by atoms with E-state index >= 15 is 0 Å². The molecule has 3 N–H and O–H groups in total. The monoisotopic (exact) mass is 255 g/mol. The van der Waals surface area contributed by atoms with Crippen LogP contribution < -0.4 is 5.73 Å². The Morgan fingerprint density at radius 1 is 1.56 bits per heavy atom. The first-order valence-electron chi connectivity index (χ1n) is 5.43. The van der Waals surface area contributed by atoms with Gasteiger partial charge in [-0.25, -0.2) is 14.3 Å². The van der Waals surface area contributed by atoms with Crippen LogP contribution in [0.15, 0.2) is 12.5 Å². The predicted molar refractivity (Wildman–Crippen MR) is 63.2 cm³/mol. The van der Waals surface area contributed by atoms with Crippen molar-refractivity contribution in [3.05, 3.63) is 18.2 Å². The molecule has 1 heterocycles. The fourth-order valence-electron chi connectivity index (χ4n) is 1.20. The Kier molecular flexibility index (Phi) is 4.07. The molecule has 7 heteroatoms. The Balaban J connectivity index is 2.69. The van der Waals surface area contributed by atoms with Crippen molar-refractivity contribution in [1.82, 2.24) is 9.55 Å². The summed E-state index contributed by atoms with van der Waals surface area (Å²) in [7, 11) is 0. The summed E-state index contributed by atoms with van der Waals surface area (Å²) in [5, 5.41) is 8.66. The standard InChI is InChI=1S/C11H17N3O4/c1-11(2,3)18-10(17)14-5-7(13-6-14)4-8(12)9(15)16/h5-6,8H,4,12H2,1-3H3,(H,15,16)/t8-/m0/s1. The highest BCUT2D eigenvalue weighted by Crippen LogP contribution is 2.09. The maximum absolute atomic E-state index is 11.6. The first-order chi connectivity index (χ1) is 8.19. The molecule has 0 aliphatic heterocycles. The van der Waals surface area contributed by atoms with Gasteiger partial charge >= 0.3 is 12.1 Å². The number of nitrogens with zero attached hydrogens (tertiary/aromatic N) is 2. The molecule has 0 aliphatic rings. The van der Waals surface area contributed by atoms with E-state index in [-0.39, 0.29) is 6.42 Å². The van der Waals surface area contributed by atoms with E-state index in [9.17, 15) is 9.59 Å². The van der Waals surface area contributed by atoms with Crippen LogP contribution >= 0.6 is 0 Å². The average Bonchev–Trinajstić information content (AvgIpc) is 2.63. The van der Waals surface area contributed by atoms with Gasteiger partial charge in [0.25, 0.3) is 0 Å². The Morgan fingerprint density at radius 3 is 2.67 bits per heavy atom. The molecule has 0 unspecified atom stereocenters. The van der Waals surface area contributed by atoms with E-state index in [1.54, 1.807) is 20.8 Å². The van der Waals surface area contributed by atoms with Crippen molar-refractivity contribution < 1.29 is 19.4 Å². The van der Waals surface area contributed by atoms with Gasteiger partial charge in [-0.1, -0.05) is 0 Å². The molecular weight excluding hydrogens is 238 g/mol. The summed E-state index contributed by atoms with van der Waals surface area (Å²) in [5.74, 6) is -1.11. The largest absolute Gasteiger partial charge is 0.480 e. The van der Waals surface area contributed by atoms with Crippen LogP contribution in [0.5, 0.6) is 0 Å². The molecule has 0 fully saturated rings. The second-order valence-corrected chi connectivity index (χ2v) is 4.90. The van der Waals surface area contributed by atoms with Gasteiger partial charge in [0.2, 0.25) is 0 Å². The zero-order chi connectivity index (χ0) is 13.9. The van der Waals surface area contributed by atoms with Crippen molar-refractivity contribution in [3.63, 3.8) is 0 Å². The maximum Gasteiger partial charge on any atom is 0.419 e. The third-order valence-electron chi connectivity index (χ3n) is 1.99. The van der Waals surface area contributed by atoms with E-state index in [2.05, 4.69) is 4.98 Å². The Bertz CT molecular complexity index is 447. The number of ether oxygens (including phenoxy) is 1. The van der Waals surface area contributed by atoms with E-state index < -0.39 is 23.7 Å². The highest BCUT2D eigenvalue weighted by atomic mass is 16.6. The number of rotatable bonds is 3. The van der Waals surface area contributed by atoms with Crippen LogP contribution in [0.2, 0.25) is 0 Å². The number of aliphatic carboxylic acids is 1. The smallest absolute Gasteiger partial charge is 0.419 e. The topological polar surface area (TPSA) is 107 Å². The van der Waals surface area contributed by atoms with Crippen LogP contribution in [0.4, 0.5) is 4.79 Å². The fraction of sp³-hybridized carbons (Fsp3) is 0.545. The number of aromatic nitrogens is 2. The van der Waals surface area contributed by atoms with Gasteiger partial charge in [0.1, 0.15) is 18.0 Å². The molecule has 0 amide bonds. The highest BCUT2D eigenvalue weighted by Gasteiger charge is 2.19. The Labute approximate surface area is 105 Å². The van der Waals surface area contributed by atoms with Gasteiger partial charge in [-0.15, -0.1) is 0 Å². The molecule has 0 spiro atoms. The molecule has 100 valence electrons. The number of carboxylic acids is 1. The average molecular weight is 255 g/mol. The van der Waals surface area contributed by atoms with Crippen molar-refractivity contribution in [1.29, 1.82) is 0 Å². The zero-order valence-corrected chi connectivity index (χ0v) is 10.6. The van der Waals surface area contributed by atoms with Crippen LogP contribution in [-0.4, -0.2) is 38.4 Å². The van der Waals surface area contributed by atoms with Gasteiger partial charge < -0.3 is 15.6 Å². The third kappa shape index (κ3) is 4.17. The highest BCUT2D eigenvalue weighted by molar-refractivity contribution is 5.73. The van der Waals surface area contributed by atoms with Crippen molar-refractivity contribution in [3.8, 4) is 0 Å². The quantitative estimate of drug-likeness (QED) is 0.819. The minimum absolute atomic E-state index is 0.0606. The molecule has 1 rings (SSSR count). The number of imidazole rings is 1. The number of nitrogens with two attached hydrogens (primary N) is 1. The molecule has 1 aromatic rings. The van der Waals surface area contributed by atoms with Crippen LogP contribution in [-0.2, 0) is 16.0 Å². The third-order valence-corrected chi connectivity index (χ3v) is 1.99. The normalized spacial score (nSPS) is 13.1. The second-order valence-electron chi connectivity index (χ2n) is 4.90. The summed E-state index contributed by atoms with van der Waals surface area (Å²) in [4.78, 5) is 26.1. The lowest BCUT2D eigenvalue weighted by atomic mass is 10.2. The predicted octanol–water partition coefficient (Wildman–Crippen LogP) is 0.621. The van der Waals surface area contributed by atoms with Crippen molar-refractivity contribution >= 4 is 12.1 Å². The minimum Gasteiger partial charge on any atom is -0.480 e. The summed E-state index contributed by atoms with van der Waals surface area (Å²) < 4.78 is 6.29. The lowest BCUT2D eigenvalue weighted by Crippen LogP contribution is -2.32. The van der Waals surface area contributed by atoms with Gasteiger partial charge in [-0.05, 0) is 20.8 Å². The minimum atomic E-state index is -1.11. The Morgan fingerprint density at radius 2 is 2.17 bits per heavy atom. The van der Waals surface area contributed by atoms with Gasteiger partial charge in [0.15, 0.2) is 0 Å². The van der Waals surface area contributed by atoms with E-state index in [0.29, 0.717) is 5.69 Å². The molecule has 0 aromatic carbocycles. The van der Waals surface area contributed by atoms with Crippen molar-refractivity contribution in [2.24, 2.45) is 5.73 Å². The number of carbonyl (C=O) groups is 2. The number of carboxylic acid groups (broad SMARTS) is 1.